The van der Waals surface area contributed by atoms with E-state index in [1.165, 1.54) is 7.11 Å². The van der Waals surface area contributed by atoms with Gasteiger partial charge in [0.25, 0.3) is 0 Å². The molecule has 0 rings (SSSR count). The molecule has 0 aliphatic rings. The summed E-state index contributed by atoms with van der Waals surface area (Å²) in [5.41, 5.74) is -0.0772. The SMILES string of the molecule is CCC(=CCNCC(C)(C)O)C(=O)OC. The van der Waals surface area contributed by atoms with Gasteiger partial charge in [0.05, 0.1) is 12.7 Å². The van der Waals surface area contributed by atoms with Gasteiger partial charge < -0.3 is 15.2 Å². The van der Waals surface area contributed by atoms with Crippen molar-refractivity contribution in [3.8, 4) is 0 Å². The molecule has 15 heavy (non-hydrogen) atoms. The van der Waals surface area contributed by atoms with E-state index in [4.69, 9.17) is 0 Å². The molecule has 2 N–H and O–H groups in total. The van der Waals surface area contributed by atoms with Crippen LogP contribution in [0.4, 0.5) is 0 Å². The third kappa shape index (κ3) is 7.11. The van der Waals surface area contributed by atoms with E-state index in [1.807, 2.05) is 6.92 Å². The summed E-state index contributed by atoms with van der Waals surface area (Å²) in [5, 5.41) is 12.5. The van der Waals surface area contributed by atoms with Crippen molar-refractivity contribution in [1.29, 1.82) is 0 Å². The zero-order valence-electron chi connectivity index (χ0n) is 9.96. The van der Waals surface area contributed by atoms with E-state index >= 15 is 0 Å². The number of rotatable bonds is 6. The van der Waals surface area contributed by atoms with Crippen LogP contribution in [0.5, 0.6) is 0 Å². The first kappa shape index (κ1) is 14.1. The second kappa shape index (κ2) is 6.58. The van der Waals surface area contributed by atoms with E-state index in [0.29, 0.717) is 25.1 Å². The van der Waals surface area contributed by atoms with Crippen molar-refractivity contribution in [1.82, 2.24) is 5.32 Å². The Balaban J connectivity index is 3.98. The van der Waals surface area contributed by atoms with Crippen molar-refractivity contribution in [2.24, 2.45) is 0 Å². The molecule has 0 amide bonds. The molecule has 0 aromatic rings. The first-order valence-corrected chi connectivity index (χ1v) is 5.11. The van der Waals surface area contributed by atoms with Gasteiger partial charge in [0.2, 0.25) is 0 Å². The molecular formula is C11H21NO3. The van der Waals surface area contributed by atoms with E-state index in [0.717, 1.165) is 0 Å². The first-order chi connectivity index (χ1) is 6.90. The van der Waals surface area contributed by atoms with Gasteiger partial charge in [0.15, 0.2) is 0 Å². The van der Waals surface area contributed by atoms with Crippen LogP contribution in [-0.2, 0) is 9.53 Å². The lowest BCUT2D eigenvalue weighted by Crippen LogP contribution is -2.34. The summed E-state index contributed by atoms with van der Waals surface area (Å²) in [6.07, 6.45) is 2.44. The Hall–Kier alpha value is -0.870. The molecule has 0 spiro atoms. The summed E-state index contributed by atoms with van der Waals surface area (Å²) in [6.45, 7) is 6.40. The Bertz CT molecular complexity index is 228. The molecule has 0 bridgehead atoms. The van der Waals surface area contributed by atoms with Crippen molar-refractivity contribution in [2.45, 2.75) is 32.8 Å². The third-order valence-corrected chi connectivity index (χ3v) is 1.88. The summed E-state index contributed by atoms with van der Waals surface area (Å²) in [7, 11) is 1.37. The van der Waals surface area contributed by atoms with Crippen LogP contribution in [0, 0.1) is 0 Å². The number of esters is 1. The largest absolute Gasteiger partial charge is 0.466 e. The minimum Gasteiger partial charge on any atom is -0.466 e. The van der Waals surface area contributed by atoms with Crippen LogP contribution < -0.4 is 5.32 Å². The number of carbonyl (C=O) groups is 1. The molecule has 0 aromatic heterocycles. The van der Waals surface area contributed by atoms with Crippen molar-refractivity contribution in [3.63, 3.8) is 0 Å². The summed E-state index contributed by atoms with van der Waals surface area (Å²) < 4.78 is 4.62. The summed E-state index contributed by atoms with van der Waals surface area (Å²) in [5.74, 6) is -0.289. The van der Waals surface area contributed by atoms with E-state index in [-0.39, 0.29) is 5.97 Å². The van der Waals surface area contributed by atoms with Crippen molar-refractivity contribution >= 4 is 5.97 Å². The summed E-state index contributed by atoms with van der Waals surface area (Å²) >= 11 is 0. The van der Waals surface area contributed by atoms with E-state index < -0.39 is 5.60 Å². The summed E-state index contributed by atoms with van der Waals surface area (Å²) in [4.78, 5) is 11.2. The van der Waals surface area contributed by atoms with Gasteiger partial charge in [-0.2, -0.15) is 0 Å². The number of carbonyl (C=O) groups excluding carboxylic acids is 1. The van der Waals surface area contributed by atoms with Crippen LogP contribution in [-0.4, -0.2) is 36.9 Å². The van der Waals surface area contributed by atoms with Gasteiger partial charge in [-0.3, -0.25) is 0 Å². The Morgan fingerprint density at radius 3 is 2.53 bits per heavy atom. The lowest BCUT2D eigenvalue weighted by atomic mass is 10.1. The maximum absolute atomic E-state index is 11.2. The average molecular weight is 215 g/mol. The molecule has 0 saturated heterocycles. The molecule has 0 saturated carbocycles. The fourth-order valence-corrected chi connectivity index (χ4v) is 1.08. The zero-order valence-corrected chi connectivity index (χ0v) is 9.96. The molecule has 0 aromatic carbocycles. The molecule has 0 heterocycles. The molecule has 0 atom stereocenters. The van der Waals surface area contributed by atoms with Crippen LogP contribution in [0.25, 0.3) is 0 Å². The lowest BCUT2D eigenvalue weighted by Gasteiger charge is -2.16. The van der Waals surface area contributed by atoms with Crippen LogP contribution in [0.3, 0.4) is 0 Å². The normalized spacial score (nSPS) is 12.7. The van der Waals surface area contributed by atoms with Gasteiger partial charge >= 0.3 is 5.97 Å². The Morgan fingerprint density at radius 1 is 1.53 bits per heavy atom. The molecule has 0 aliphatic heterocycles. The van der Waals surface area contributed by atoms with E-state index in [9.17, 15) is 9.90 Å². The predicted octanol–water partition coefficient (Wildman–Crippen LogP) is 0.856. The highest BCUT2D eigenvalue weighted by Gasteiger charge is 2.11. The number of aliphatic hydroxyl groups is 1. The smallest absolute Gasteiger partial charge is 0.333 e. The van der Waals surface area contributed by atoms with Gasteiger partial charge in [-0.25, -0.2) is 4.79 Å². The van der Waals surface area contributed by atoms with Gasteiger partial charge in [0, 0.05) is 18.7 Å². The predicted molar refractivity (Wildman–Crippen MR) is 59.6 cm³/mol. The zero-order chi connectivity index (χ0) is 11.9. The Morgan fingerprint density at radius 2 is 2.13 bits per heavy atom. The van der Waals surface area contributed by atoms with Gasteiger partial charge in [-0.1, -0.05) is 13.0 Å². The number of methoxy groups -OCH3 is 1. The fraction of sp³-hybridized carbons (Fsp3) is 0.727. The van der Waals surface area contributed by atoms with E-state index in [1.54, 1.807) is 19.9 Å². The fourth-order valence-electron chi connectivity index (χ4n) is 1.08. The maximum atomic E-state index is 11.2. The third-order valence-electron chi connectivity index (χ3n) is 1.88. The van der Waals surface area contributed by atoms with Crippen molar-refractivity contribution < 1.29 is 14.6 Å². The minimum atomic E-state index is -0.731. The number of hydrogen-bond donors (Lipinski definition) is 2. The van der Waals surface area contributed by atoms with Crippen LogP contribution in [0.1, 0.15) is 27.2 Å². The highest BCUT2D eigenvalue weighted by Crippen LogP contribution is 2.02. The summed E-state index contributed by atoms with van der Waals surface area (Å²) in [6, 6.07) is 0. The standard InChI is InChI=1S/C11H21NO3/c1-5-9(10(13)15-4)6-7-12-8-11(2,3)14/h6,12,14H,5,7-8H2,1-4H3. The number of ether oxygens (including phenoxy) is 1. The molecule has 4 nitrogen and oxygen atoms in total. The Kier molecular flexibility index (Phi) is 6.20. The topological polar surface area (TPSA) is 58.6 Å². The maximum Gasteiger partial charge on any atom is 0.333 e. The van der Waals surface area contributed by atoms with Crippen molar-refractivity contribution in [2.75, 3.05) is 20.2 Å². The number of nitrogens with one attached hydrogen (secondary N) is 1. The van der Waals surface area contributed by atoms with Gasteiger partial charge in [0.1, 0.15) is 0 Å². The van der Waals surface area contributed by atoms with Gasteiger partial charge in [-0.05, 0) is 20.3 Å². The monoisotopic (exact) mass is 215 g/mol. The second-order valence-corrected chi connectivity index (χ2v) is 4.02. The van der Waals surface area contributed by atoms with Crippen molar-refractivity contribution in [3.05, 3.63) is 11.6 Å². The highest BCUT2D eigenvalue weighted by molar-refractivity contribution is 5.88. The Labute approximate surface area is 91.3 Å². The van der Waals surface area contributed by atoms with Gasteiger partial charge in [-0.15, -0.1) is 0 Å². The molecule has 0 radical (unpaired) electrons. The number of hydrogen-bond acceptors (Lipinski definition) is 4. The molecule has 0 fully saturated rings. The molecule has 4 heteroatoms. The van der Waals surface area contributed by atoms with Crippen LogP contribution in [0.15, 0.2) is 11.6 Å². The molecular weight excluding hydrogens is 194 g/mol. The quantitative estimate of drug-likeness (QED) is 0.392. The van der Waals surface area contributed by atoms with E-state index in [2.05, 4.69) is 10.1 Å². The second-order valence-electron chi connectivity index (χ2n) is 4.02. The highest BCUT2D eigenvalue weighted by atomic mass is 16.5. The van der Waals surface area contributed by atoms with Crippen LogP contribution >= 0.6 is 0 Å². The molecule has 0 aliphatic carbocycles. The molecule has 0 unspecified atom stereocenters. The minimum absolute atomic E-state index is 0.289. The average Bonchev–Trinajstić information content (AvgIpc) is 2.15. The lowest BCUT2D eigenvalue weighted by molar-refractivity contribution is -0.136. The molecule has 88 valence electrons. The van der Waals surface area contributed by atoms with Crippen LogP contribution in [0.2, 0.25) is 0 Å². The first-order valence-electron chi connectivity index (χ1n) is 5.11.